The lowest BCUT2D eigenvalue weighted by Gasteiger charge is -2.02. The largest absolute Gasteiger partial charge is 0.312 e. The minimum atomic E-state index is 0.153. The van der Waals surface area contributed by atoms with Gasteiger partial charge in [-0.25, -0.2) is 4.98 Å². The van der Waals surface area contributed by atoms with Crippen LogP contribution in [0.3, 0.4) is 0 Å². The lowest BCUT2D eigenvalue weighted by molar-refractivity contribution is -0.601. The van der Waals surface area contributed by atoms with Crippen molar-refractivity contribution in [2.24, 2.45) is 0 Å². The highest BCUT2D eigenvalue weighted by atomic mass is 15.1. The second kappa shape index (κ2) is 4.73. The van der Waals surface area contributed by atoms with Gasteiger partial charge in [-0.1, -0.05) is 48.5 Å². The van der Waals surface area contributed by atoms with Gasteiger partial charge in [0.15, 0.2) is 12.8 Å². The summed E-state index contributed by atoms with van der Waals surface area (Å²) in [6.07, 6.45) is 0.153. The lowest BCUT2D eigenvalue weighted by atomic mass is 10.1. The fraction of sp³-hybridized carbons (Fsp3) is 0.118. The molecule has 1 N–H and O–H groups in total. The van der Waals surface area contributed by atoms with Crippen LogP contribution in [0.15, 0.2) is 60.9 Å². The van der Waals surface area contributed by atoms with Crippen LogP contribution in [0.25, 0.3) is 16.9 Å². The van der Waals surface area contributed by atoms with E-state index in [9.17, 15) is 0 Å². The summed E-state index contributed by atoms with van der Waals surface area (Å²) < 4.78 is 18.3. The number of imidazole rings is 1. The molecule has 0 atom stereocenters. The molecule has 0 bridgehead atoms. The second-order valence-corrected chi connectivity index (χ2v) is 4.63. The highest BCUT2D eigenvalue weighted by molar-refractivity contribution is 5.60. The van der Waals surface area contributed by atoms with Crippen molar-refractivity contribution in [2.75, 3.05) is 0 Å². The highest BCUT2D eigenvalue weighted by Crippen LogP contribution is 2.19. The van der Waals surface area contributed by atoms with Crippen molar-refractivity contribution in [3.05, 3.63) is 72.2 Å². The van der Waals surface area contributed by atoms with Crippen LogP contribution in [-0.2, 0) is 0 Å². The molecule has 0 saturated carbocycles. The molecule has 1 heterocycles. The average Bonchev–Trinajstić information content (AvgIpc) is 2.71. The number of benzene rings is 2. The number of aromatic nitrogens is 2. The number of para-hydroxylation sites is 1. The number of aromatic amines is 1. The monoisotopic (exact) mass is 251 g/mol. The highest BCUT2D eigenvalue weighted by Gasteiger charge is 2.17. The van der Waals surface area contributed by atoms with Gasteiger partial charge in [-0.2, -0.15) is 4.57 Å². The maximum atomic E-state index is 8.28. The van der Waals surface area contributed by atoms with Gasteiger partial charge in [0.25, 0.3) is 0 Å². The number of H-pyrrole nitrogens is 1. The quantitative estimate of drug-likeness (QED) is 0.672. The first kappa shape index (κ1) is 9.56. The van der Waals surface area contributed by atoms with Crippen LogP contribution in [0.1, 0.15) is 12.6 Å². The van der Waals surface area contributed by atoms with Gasteiger partial charge in [0.05, 0.1) is 0 Å². The van der Waals surface area contributed by atoms with Crippen LogP contribution >= 0.6 is 0 Å². The summed E-state index contributed by atoms with van der Waals surface area (Å²) in [5, 5.41) is 0. The van der Waals surface area contributed by atoms with E-state index in [2.05, 4.69) is 0 Å². The molecule has 0 unspecified atom stereocenters. The number of aryl methyl sites for hydroxylation is 1. The Hall–Kier alpha value is -2.35. The molecule has 94 valence electrons. The fourth-order valence-corrected chi connectivity index (χ4v) is 2.28. The molecular weight excluding hydrogens is 232 g/mol. The van der Waals surface area contributed by atoms with E-state index < -0.39 is 0 Å². The molecule has 0 aliphatic rings. The standard InChI is InChI=1S/C17H16N2/c1-13-8-6-7-11-16(13)19-12-18-17(14(19)2)15-9-4-3-5-10-15/h3-12H,1-2H3/p+1/i12D/hD. The van der Waals surface area contributed by atoms with E-state index in [-0.39, 0.29) is 6.30 Å². The minimum Gasteiger partial charge on any atom is -0.243 e. The maximum absolute atomic E-state index is 8.28. The second-order valence-electron chi connectivity index (χ2n) is 4.63. The number of hydrogen-bond acceptors (Lipinski definition) is 0. The summed E-state index contributed by atoms with van der Waals surface area (Å²) in [5.74, 6) is 0. The Morgan fingerprint density at radius 1 is 1.00 bits per heavy atom. The van der Waals surface area contributed by atoms with Gasteiger partial charge in [-0.15, -0.1) is 0 Å². The van der Waals surface area contributed by atoms with Crippen LogP contribution in [0, 0.1) is 13.8 Å². The summed E-state index contributed by atoms with van der Waals surface area (Å²) in [6, 6.07) is 17.7. The van der Waals surface area contributed by atoms with Crippen molar-refractivity contribution in [1.29, 1.82) is 0 Å². The predicted molar refractivity (Wildman–Crippen MR) is 77.2 cm³/mol. The Kier molecular flexibility index (Phi) is 2.38. The zero-order valence-electron chi connectivity index (χ0n) is 13.1. The van der Waals surface area contributed by atoms with Crippen molar-refractivity contribution in [1.82, 2.24) is 4.98 Å². The molecule has 0 saturated heterocycles. The summed E-state index contributed by atoms with van der Waals surface area (Å²) in [5.41, 5.74) is 4.64. The fourth-order valence-electron chi connectivity index (χ4n) is 2.28. The predicted octanol–water partition coefficient (Wildman–Crippen LogP) is 3.58. The Morgan fingerprint density at radius 2 is 1.68 bits per heavy atom. The Balaban J connectivity index is 2.28. The summed E-state index contributed by atoms with van der Waals surface area (Å²) >= 11 is 0. The zero-order chi connectivity index (χ0) is 15.0. The van der Waals surface area contributed by atoms with Gasteiger partial charge >= 0.3 is 1.41 Å². The van der Waals surface area contributed by atoms with E-state index in [1.54, 1.807) is 0 Å². The Labute approximate surface area is 116 Å². The van der Waals surface area contributed by atoms with Crippen LogP contribution < -0.4 is 4.57 Å². The molecule has 2 nitrogen and oxygen atoms in total. The van der Waals surface area contributed by atoms with Crippen molar-refractivity contribution in [3.8, 4) is 16.9 Å². The molecule has 0 radical (unpaired) electrons. The first-order valence-corrected chi connectivity index (χ1v) is 6.36. The summed E-state index contributed by atoms with van der Waals surface area (Å²) in [6.45, 7) is 3.97. The van der Waals surface area contributed by atoms with Crippen LogP contribution in [0.4, 0.5) is 0 Å². The molecule has 0 aliphatic heterocycles. The third-order valence-corrected chi connectivity index (χ3v) is 3.34. The van der Waals surface area contributed by atoms with Crippen LogP contribution in [-0.4, -0.2) is 4.98 Å². The molecular formula is C17H17N2+. The average molecular weight is 251 g/mol. The van der Waals surface area contributed by atoms with Gasteiger partial charge in [0.1, 0.15) is 5.69 Å². The van der Waals surface area contributed by atoms with E-state index in [0.29, 0.717) is 0 Å². The topological polar surface area (TPSA) is 19.7 Å². The zero-order valence-corrected chi connectivity index (χ0v) is 11.1. The van der Waals surface area contributed by atoms with Gasteiger partial charge in [0, 0.05) is 12.5 Å². The molecule has 0 aliphatic carbocycles. The molecule has 3 rings (SSSR count). The molecule has 0 amide bonds. The first-order valence-electron chi connectivity index (χ1n) is 7.30. The third-order valence-electron chi connectivity index (χ3n) is 3.34. The van der Waals surface area contributed by atoms with E-state index in [4.69, 9.17) is 2.78 Å². The van der Waals surface area contributed by atoms with Gasteiger partial charge in [-0.05, 0) is 18.6 Å². The third kappa shape index (κ3) is 2.06. The maximum Gasteiger partial charge on any atom is 0.312 e. The molecule has 19 heavy (non-hydrogen) atoms. The summed E-state index contributed by atoms with van der Waals surface area (Å²) in [4.78, 5) is 1.19. The smallest absolute Gasteiger partial charge is 0.243 e. The molecule has 3 aromatic rings. The number of rotatable bonds is 2. The molecule has 2 heteroatoms. The Morgan fingerprint density at radius 3 is 2.42 bits per heavy atom. The van der Waals surface area contributed by atoms with Gasteiger partial charge in [-0.3, -0.25) is 0 Å². The number of nitrogens with zero attached hydrogens (tertiary/aromatic N) is 1. The van der Waals surface area contributed by atoms with Crippen LogP contribution in [0.2, 0.25) is 1.41 Å². The van der Waals surface area contributed by atoms with E-state index in [1.807, 2.05) is 73.0 Å². The van der Waals surface area contributed by atoms with Crippen molar-refractivity contribution in [2.45, 2.75) is 13.8 Å². The molecule has 2 aromatic carbocycles. The molecule has 1 aromatic heterocycles. The van der Waals surface area contributed by atoms with Crippen molar-refractivity contribution < 1.29 is 7.35 Å². The van der Waals surface area contributed by atoms with E-state index in [1.165, 1.54) is 4.98 Å². The molecule has 0 spiro atoms. The van der Waals surface area contributed by atoms with Gasteiger partial charge in [0.2, 0.25) is 6.30 Å². The Bertz CT molecular complexity index is 792. The minimum absolute atomic E-state index is 0.153. The number of hydrogen-bond donors (Lipinski definition) is 1. The van der Waals surface area contributed by atoms with E-state index in [0.717, 1.165) is 28.2 Å². The van der Waals surface area contributed by atoms with Crippen molar-refractivity contribution >= 4 is 0 Å². The lowest BCUT2D eigenvalue weighted by Crippen LogP contribution is -2.32. The first-order chi connectivity index (χ1) is 10.1. The molecule has 0 fully saturated rings. The van der Waals surface area contributed by atoms with E-state index >= 15 is 0 Å². The van der Waals surface area contributed by atoms with Gasteiger partial charge < -0.3 is 0 Å². The summed E-state index contributed by atoms with van der Waals surface area (Å²) in [7, 11) is 0. The van der Waals surface area contributed by atoms with Crippen molar-refractivity contribution in [3.63, 3.8) is 0 Å². The SMILES string of the molecule is [2H]c1n([2H])c(-c2ccccc2)c(C)[n+]1-c1ccccc1C. The normalized spacial score (nSPS) is 12.1. The van der Waals surface area contributed by atoms with Crippen LogP contribution in [0.5, 0.6) is 0 Å². The number of nitrogens with one attached hydrogen (secondary N) is 1.